The number of carbonyl (C=O) groups is 1. The van der Waals surface area contributed by atoms with Gasteiger partial charge >= 0.3 is 0 Å². The van der Waals surface area contributed by atoms with Gasteiger partial charge in [-0.1, -0.05) is 25.4 Å². The van der Waals surface area contributed by atoms with E-state index in [4.69, 9.17) is 21.1 Å². The lowest BCUT2D eigenvalue weighted by Crippen LogP contribution is -2.40. The molecule has 0 saturated carbocycles. The van der Waals surface area contributed by atoms with Crippen molar-refractivity contribution in [2.24, 2.45) is 0 Å². The minimum atomic E-state index is -0.128. The Bertz CT molecular complexity index is 922. The molecular weight excluding hydrogens is 368 g/mol. The van der Waals surface area contributed by atoms with E-state index >= 15 is 0 Å². The summed E-state index contributed by atoms with van der Waals surface area (Å²) >= 11 is 6.19. The van der Waals surface area contributed by atoms with Crippen molar-refractivity contribution in [3.63, 3.8) is 0 Å². The van der Waals surface area contributed by atoms with Gasteiger partial charge in [0.05, 0.1) is 11.1 Å². The lowest BCUT2D eigenvalue weighted by molar-refractivity contribution is -0.129. The highest BCUT2D eigenvalue weighted by Crippen LogP contribution is 2.40. The first-order chi connectivity index (χ1) is 13.0. The number of aromatic nitrogens is 3. The molecule has 1 unspecified atom stereocenters. The Morgan fingerprint density at radius 3 is 2.89 bits per heavy atom. The largest absolute Gasteiger partial charge is 0.454 e. The van der Waals surface area contributed by atoms with Crippen LogP contribution in [-0.4, -0.2) is 38.9 Å². The maximum atomic E-state index is 12.7. The molecule has 3 heterocycles. The molecule has 2 aromatic rings. The highest BCUT2D eigenvalue weighted by Gasteiger charge is 2.30. The Hall–Kier alpha value is -2.54. The Kier molecular flexibility index (Phi) is 4.55. The van der Waals surface area contributed by atoms with Gasteiger partial charge in [-0.2, -0.15) is 0 Å². The van der Waals surface area contributed by atoms with Gasteiger partial charge in [0.15, 0.2) is 17.3 Å². The Morgan fingerprint density at radius 2 is 2.11 bits per heavy atom. The van der Waals surface area contributed by atoms with Crippen LogP contribution < -0.4 is 9.47 Å². The molecule has 7 nitrogen and oxygen atoms in total. The summed E-state index contributed by atoms with van der Waals surface area (Å²) in [5.41, 5.74) is 0.785. The number of benzene rings is 1. The van der Waals surface area contributed by atoms with Gasteiger partial charge in [-0.15, -0.1) is 10.2 Å². The van der Waals surface area contributed by atoms with Gasteiger partial charge in [-0.05, 0) is 30.7 Å². The van der Waals surface area contributed by atoms with Gasteiger partial charge in [0.2, 0.25) is 12.7 Å². The molecule has 0 N–H and O–H groups in total. The van der Waals surface area contributed by atoms with Gasteiger partial charge in [0.25, 0.3) is 0 Å². The van der Waals surface area contributed by atoms with E-state index in [1.54, 1.807) is 23.1 Å². The fraction of sp³-hybridized carbons (Fsp3) is 0.421. The highest BCUT2D eigenvalue weighted by molar-refractivity contribution is 6.32. The molecule has 0 radical (unpaired) electrons. The van der Waals surface area contributed by atoms with Crippen molar-refractivity contribution in [1.82, 2.24) is 19.7 Å². The second-order valence-corrected chi connectivity index (χ2v) is 7.41. The van der Waals surface area contributed by atoms with Crippen LogP contribution >= 0.6 is 11.6 Å². The predicted molar refractivity (Wildman–Crippen MR) is 101 cm³/mol. The zero-order valence-electron chi connectivity index (χ0n) is 15.5. The van der Waals surface area contributed by atoms with Crippen molar-refractivity contribution in [1.29, 1.82) is 0 Å². The summed E-state index contributed by atoms with van der Waals surface area (Å²) in [5, 5.41) is 9.07. The quantitative estimate of drug-likeness (QED) is 0.754. The SMILES string of the molecule is CC(C)c1nnc2n1CCN(C(=O)/C=C/c1cc(Cl)c3c(c1)OCO3)C2C. The number of carbonyl (C=O) groups excluding carboxylic acids is 1. The minimum absolute atomic E-state index is 0.0726. The molecule has 2 aliphatic heterocycles. The molecule has 0 bridgehead atoms. The summed E-state index contributed by atoms with van der Waals surface area (Å²) in [5.74, 6) is 3.17. The van der Waals surface area contributed by atoms with Crippen LogP contribution in [0.2, 0.25) is 5.02 Å². The number of nitrogens with zero attached hydrogens (tertiary/aromatic N) is 4. The smallest absolute Gasteiger partial charge is 0.247 e. The molecular formula is C19H21ClN4O3. The van der Waals surface area contributed by atoms with E-state index in [2.05, 4.69) is 28.6 Å². The number of rotatable bonds is 3. The summed E-state index contributed by atoms with van der Waals surface area (Å²) < 4.78 is 12.8. The zero-order valence-corrected chi connectivity index (χ0v) is 16.2. The average Bonchev–Trinajstić information content (AvgIpc) is 3.27. The van der Waals surface area contributed by atoms with Crippen molar-refractivity contribution in [3.8, 4) is 11.5 Å². The van der Waals surface area contributed by atoms with Crippen LogP contribution in [-0.2, 0) is 11.3 Å². The van der Waals surface area contributed by atoms with E-state index in [-0.39, 0.29) is 18.7 Å². The van der Waals surface area contributed by atoms with E-state index in [1.165, 1.54) is 0 Å². The van der Waals surface area contributed by atoms with E-state index in [9.17, 15) is 4.79 Å². The minimum Gasteiger partial charge on any atom is -0.454 e. The standard InChI is InChI=1S/C19H21ClN4O3/c1-11(2)18-21-22-19-12(3)23(6-7-24(18)19)16(25)5-4-13-8-14(20)17-15(9-13)26-10-27-17/h4-5,8-9,11-12H,6-7,10H2,1-3H3/b5-4+. The van der Waals surface area contributed by atoms with Gasteiger partial charge in [0.1, 0.15) is 5.82 Å². The number of hydrogen-bond acceptors (Lipinski definition) is 5. The monoisotopic (exact) mass is 388 g/mol. The summed E-state index contributed by atoms with van der Waals surface area (Å²) in [4.78, 5) is 14.5. The lowest BCUT2D eigenvalue weighted by Gasteiger charge is -2.33. The molecule has 0 saturated heterocycles. The summed E-state index contributed by atoms with van der Waals surface area (Å²) in [7, 11) is 0. The Morgan fingerprint density at radius 1 is 1.30 bits per heavy atom. The number of amides is 1. The molecule has 1 atom stereocenters. The average molecular weight is 389 g/mol. The Labute approximate surface area is 162 Å². The van der Waals surface area contributed by atoms with Crippen molar-refractivity contribution in [3.05, 3.63) is 40.4 Å². The number of halogens is 1. The third-order valence-electron chi connectivity index (χ3n) is 4.88. The number of fused-ring (bicyclic) bond motifs is 2. The molecule has 0 spiro atoms. The van der Waals surface area contributed by atoms with E-state index < -0.39 is 0 Å². The topological polar surface area (TPSA) is 69.5 Å². The van der Waals surface area contributed by atoms with Crippen LogP contribution in [0, 0.1) is 0 Å². The molecule has 0 fully saturated rings. The zero-order chi connectivity index (χ0) is 19.1. The number of ether oxygens (including phenoxy) is 2. The summed E-state index contributed by atoms with van der Waals surface area (Å²) in [6, 6.07) is 3.43. The van der Waals surface area contributed by atoms with Crippen LogP contribution in [0.1, 0.15) is 49.9 Å². The third-order valence-corrected chi connectivity index (χ3v) is 5.16. The second-order valence-electron chi connectivity index (χ2n) is 7.00. The van der Waals surface area contributed by atoms with Gasteiger partial charge in [-0.3, -0.25) is 4.79 Å². The maximum absolute atomic E-state index is 12.7. The number of hydrogen-bond donors (Lipinski definition) is 0. The molecule has 1 aromatic heterocycles. The molecule has 27 heavy (non-hydrogen) atoms. The van der Waals surface area contributed by atoms with E-state index in [0.717, 1.165) is 17.2 Å². The summed E-state index contributed by atoms with van der Waals surface area (Å²) in [6.07, 6.45) is 3.29. The van der Waals surface area contributed by atoms with Gasteiger partial charge in [0, 0.05) is 25.1 Å². The van der Waals surface area contributed by atoms with Crippen LogP contribution in [0.5, 0.6) is 11.5 Å². The first kappa shape index (κ1) is 17.9. The fourth-order valence-corrected chi connectivity index (χ4v) is 3.76. The summed E-state index contributed by atoms with van der Waals surface area (Å²) in [6.45, 7) is 7.66. The molecule has 1 amide bonds. The second kappa shape index (κ2) is 6.88. The van der Waals surface area contributed by atoms with Crippen LogP contribution in [0.25, 0.3) is 6.08 Å². The molecule has 1 aromatic carbocycles. The fourth-order valence-electron chi connectivity index (χ4n) is 3.48. The lowest BCUT2D eigenvalue weighted by atomic mass is 10.1. The first-order valence-corrected chi connectivity index (χ1v) is 9.34. The van der Waals surface area contributed by atoms with Crippen LogP contribution in [0.15, 0.2) is 18.2 Å². The van der Waals surface area contributed by atoms with E-state index in [1.807, 2.05) is 13.0 Å². The molecule has 8 heteroatoms. The predicted octanol–water partition coefficient (Wildman–Crippen LogP) is 3.40. The molecule has 4 rings (SSSR count). The third kappa shape index (κ3) is 3.16. The Balaban J connectivity index is 1.52. The van der Waals surface area contributed by atoms with Crippen molar-refractivity contribution in [2.75, 3.05) is 13.3 Å². The van der Waals surface area contributed by atoms with Crippen LogP contribution in [0.4, 0.5) is 0 Å². The molecule has 142 valence electrons. The normalized spacial score (nSPS) is 18.4. The van der Waals surface area contributed by atoms with Crippen LogP contribution in [0.3, 0.4) is 0 Å². The van der Waals surface area contributed by atoms with Gasteiger partial charge in [-0.25, -0.2) is 0 Å². The highest BCUT2D eigenvalue weighted by atomic mass is 35.5. The van der Waals surface area contributed by atoms with Crippen molar-refractivity contribution < 1.29 is 14.3 Å². The first-order valence-electron chi connectivity index (χ1n) is 8.96. The van der Waals surface area contributed by atoms with Crippen molar-refractivity contribution in [2.45, 2.75) is 39.3 Å². The maximum Gasteiger partial charge on any atom is 0.247 e. The molecule has 0 aliphatic carbocycles. The van der Waals surface area contributed by atoms with E-state index in [0.29, 0.717) is 35.5 Å². The molecule has 2 aliphatic rings. The van der Waals surface area contributed by atoms with Gasteiger partial charge < -0.3 is 18.9 Å². The van der Waals surface area contributed by atoms with Crippen molar-refractivity contribution >= 4 is 23.6 Å².